The second-order valence-electron chi connectivity index (χ2n) is 7.03. The molecule has 5 heteroatoms. The van der Waals surface area contributed by atoms with Gasteiger partial charge < -0.3 is 20.1 Å². The molecule has 140 valence electrons. The SMILES string of the molecule is COc1ccc(-c2cccc3c(N)c4c(nc23)CN(C2=CC=C2)C4)c(OC)c1. The standard InChI is InChI=1S/C23H21N3O2/c1-27-15-9-10-16(21(11-15)28-2)17-7-4-8-18-22(24)19-12-26(14-5-3-6-14)13-20(19)25-23(17)18/h3-11H,12-13H2,1-2H3,(H2,24,25). The van der Waals surface area contributed by atoms with Gasteiger partial charge in [0.05, 0.1) is 32.0 Å². The minimum Gasteiger partial charge on any atom is -0.497 e. The summed E-state index contributed by atoms with van der Waals surface area (Å²) < 4.78 is 11.0. The van der Waals surface area contributed by atoms with E-state index < -0.39 is 0 Å². The molecular weight excluding hydrogens is 350 g/mol. The zero-order chi connectivity index (χ0) is 19.3. The molecule has 0 fully saturated rings. The van der Waals surface area contributed by atoms with Crippen LogP contribution in [0.25, 0.3) is 22.0 Å². The van der Waals surface area contributed by atoms with E-state index in [0.717, 1.165) is 63.6 Å². The third-order valence-corrected chi connectivity index (χ3v) is 5.53. The van der Waals surface area contributed by atoms with Gasteiger partial charge in [0, 0.05) is 46.1 Å². The number of para-hydroxylation sites is 1. The van der Waals surface area contributed by atoms with Crippen LogP contribution in [-0.2, 0) is 13.1 Å². The van der Waals surface area contributed by atoms with Crippen molar-refractivity contribution >= 4 is 16.6 Å². The first-order valence-electron chi connectivity index (χ1n) is 9.25. The largest absolute Gasteiger partial charge is 0.497 e. The second kappa shape index (κ2) is 6.30. The molecule has 0 saturated heterocycles. The van der Waals surface area contributed by atoms with Crippen molar-refractivity contribution in [2.45, 2.75) is 13.1 Å². The number of nitrogens with two attached hydrogens (primary N) is 1. The third-order valence-electron chi connectivity index (χ3n) is 5.53. The average molecular weight is 371 g/mol. The smallest absolute Gasteiger partial charge is 0.130 e. The Hall–Kier alpha value is -3.47. The van der Waals surface area contributed by atoms with Gasteiger partial charge in [0.2, 0.25) is 0 Å². The molecule has 2 heterocycles. The molecule has 3 aromatic rings. The van der Waals surface area contributed by atoms with E-state index in [1.54, 1.807) is 14.2 Å². The highest BCUT2D eigenvalue weighted by Crippen LogP contribution is 2.41. The fourth-order valence-corrected chi connectivity index (χ4v) is 3.95. The maximum absolute atomic E-state index is 6.60. The van der Waals surface area contributed by atoms with Crippen molar-refractivity contribution in [1.29, 1.82) is 0 Å². The highest BCUT2D eigenvalue weighted by Gasteiger charge is 2.26. The van der Waals surface area contributed by atoms with Crippen LogP contribution < -0.4 is 15.2 Å². The summed E-state index contributed by atoms with van der Waals surface area (Å²) in [6.45, 7) is 1.58. The molecule has 2 aliphatic rings. The number of fused-ring (bicyclic) bond motifs is 2. The fourth-order valence-electron chi connectivity index (χ4n) is 3.95. The van der Waals surface area contributed by atoms with E-state index in [4.69, 9.17) is 20.2 Å². The molecule has 0 bridgehead atoms. The number of aromatic nitrogens is 1. The molecule has 2 N–H and O–H groups in total. The second-order valence-corrected chi connectivity index (χ2v) is 7.03. The Morgan fingerprint density at radius 1 is 1.04 bits per heavy atom. The Morgan fingerprint density at radius 3 is 2.61 bits per heavy atom. The molecule has 5 rings (SSSR count). The van der Waals surface area contributed by atoms with Crippen molar-refractivity contribution < 1.29 is 9.47 Å². The van der Waals surface area contributed by atoms with Crippen LogP contribution in [0, 0.1) is 0 Å². The minimum atomic E-state index is 0.749. The molecule has 28 heavy (non-hydrogen) atoms. The van der Waals surface area contributed by atoms with E-state index >= 15 is 0 Å². The van der Waals surface area contributed by atoms with E-state index in [1.165, 1.54) is 5.70 Å². The number of anilines is 1. The number of nitrogen functional groups attached to an aromatic ring is 1. The highest BCUT2D eigenvalue weighted by molar-refractivity contribution is 6.02. The van der Waals surface area contributed by atoms with Crippen LogP contribution in [-0.4, -0.2) is 24.1 Å². The van der Waals surface area contributed by atoms with E-state index in [9.17, 15) is 0 Å². The van der Waals surface area contributed by atoms with E-state index in [0.29, 0.717) is 0 Å². The number of allylic oxidation sites excluding steroid dienone is 3. The number of benzene rings is 2. The molecule has 2 aromatic carbocycles. The van der Waals surface area contributed by atoms with Gasteiger partial charge in [-0.1, -0.05) is 24.3 Å². The monoisotopic (exact) mass is 371 g/mol. The van der Waals surface area contributed by atoms with Gasteiger partial charge in [0.25, 0.3) is 0 Å². The predicted molar refractivity (Wildman–Crippen MR) is 111 cm³/mol. The molecular formula is C23H21N3O2. The summed E-state index contributed by atoms with van der Waals surface area (Å²) in [4.78, 5) is 7.35. The van der Waals surface area contributed by atoms with Gasteiger partial charge >= 0.3 is 0 Å². The lowest BCUT2D eigenvalue weighted by Gasteiger charge is -2.21. The maximum Gasteiger partial charge on any atom is 0.130 e. The van der Waals surface area contributed by atoms with Gasteiger partial charge in [-0.15, -0.1) is 0 Å². The van der Waals surface area contributed by atoms with Crippen molar-refractivity contribution in [3.63, 3.8) is 0 Å². The first-order chi connectivity index (χ1) is 13.7. The van der Waals surface area contributed by atoms with Crippen molar-refractivity contribution in [3.8, 4) is 22.6 Å². The third kappa shape index (κ3) is 2.43. The molecule has 0 unspecified atom stereocenters. The molecule has 1 aromatic heterocycles. The summed E-state index contributed by atoms with van der Waals surface area (Å²) in [6.07, 6.45) is 6.30. The number of pyridine rings is 1. The van der Waals surface area contributed by atoms with E-state index in [-0.39, 0.29) is 0 Å². The Bertz CT molecular complexity index is 1160. The quantitative estimate of drug-likeness (QED) is 0.742. The first kappa shape index (κ1) is 16.7. The van der Waals surface area contributed by atoms with Crippen LogP contribution in [0.3, 0.4) is 0 Å². The lowest BCUT2D eigenvalue weighted by Crippen LogP contribution is -2.16. The number of rotatable bonds is 4. The zero-order valence-corrected chi connectivity index (χ0v) is 15.9. The molecule has 0 saturated carbocycles. The lowest BCUT2D eigenvalue weighted by atomic mass is 9.98. The number of nitrogens with zero attached hydrogens (tertiary/aromatic N) is 2. The molecule has 0 spiro atoms. The van der Waals surface area contributed by atoms with Crippen LogP contribution in [0.2, 0.25) is 0 Å². The Morgan fingerprint density at radius 2 is 1.89 bits per heavy atom. The molecule has 1 aliphatic heterocycles. The molecule has 0 radical (unpaired) electrons. The average Bonchev–Trinajstić information content (AvgIpc) is 3.09. The van der Waals surface area contributed by atoms with Gasteiger partial charge in [-0.25, -0.2) is 4.98 Å². The Balaban J connectivity index is 1.68. The maximum atomic E-state index is 6.60. The Labute approximate surface area is 163 Å². The molecule has 0 amide bonds. The zero-order valence-electron chi connectivity index (χ0n) is 15.9. The van der Waals surface area contributed by atoms with Crippen molar-refractivity contribution in [3.05, 3.63) is 71.6 Å². The van der Waals surface area contributed by atoms with E-state index in [1.807, 2.05) is 30.3 Å². The summed E-state index contributed by atoms with van der Waals surface area (Å²) in [6, 6.07) is 12.0. The molecule has 0 atom stereocenters. The summed E-state index contributed by atoms with van der Waals surface area (Å²) in [5.74, 6) is 1.51. The minimum absolute atomic E-state index is 0.749. The summed E-state index contributed by atoms with van der Waals surface area (Å²) >= 11 is 0. The summed E-state index contributed by atoms with van der Waals surface area (Å²) in [5.41, 5.74) is 13.7. The Kier molecular flexibility index (Phi) is 3.76. The number of hydrogen-bond donors (Lipinski definition) is 1. The number of hydrogen-bond acceptors (Lipinski definition) is 5. The topological polar surface area (TPSA) is 60.6 Å². The van der Waals surface area contributed by atoms with Crippen LogP contribution in [0.4, 0.5) is 5.69 Å². The van der Waals surface area contributed by atoms with Crippen molar-refractivity contribution in [2.24, 2.45) is 0 Å². The molecule has 5 nitrogen and oxygen atoms in total. The predicted octanol–water partition coefficient (Wildman–Crippen LogP) is 4.27. The van der Waals surface area contributed by atoms with Crippen LogP contribution >= 0.6 is 0 Å². The molecule has 1 aliphatic carbocycles. The fraction of sp³-hybridized carbons (Fsp3) is 0.174. The van der Waals surface area contributed by atoms with Gasteiger partial charge in [0.1, 0.15) is 11.5 Å². The van der Waals surface area contributed by atoms with Crippen LogP contribution in [0.15, 0.2) is 60.3 Å². The van der Waals surface area contributed by atoms with Crippen molar-refractivity contribution in [2.75, 3.05) is 20.0 Å². The lowest BCUT2D eigenvalue weighted by molar-refractivity contribution is 0.370. The first-order valence-corrected chi connectivity index (χ1v) is 9.25. The van der Waals surface area contributed by atoms with Crippen molar-refractivity contribution in [1.82, 2.24) is 9.88 Å². The number of ether oxygens (including phenoxy) is 2. The van der Waals surface area contributed by atoms with Gasteiger partial charge in [-0.3, -0.25) is 0 Å². The summed E-state index contributed by atoms with van der Waals surface area (Å²) in [7, 11) is 3.32. The summed E-state index contributed by atoms with van der Waals surface area (Å²) in [5, 5.41) is 0.981. The van der Waals surface area contributed by atoms with Crippen LogP contribution in [0.5, 0.6) is 11.5 Å². The van der Waals surface area contributed by atoms with Gasteiger partial charge in [-0.05, 0) is 24.3 Å². The van der Waals surface area contributed by atoms with Gasteiger partial charge in [0.15, 0.2) is 0 Å². The number of methoxy groups -OCH3 is 2. The van der Waals surface area contributed by atoms with E-state index in [2.05, 4.69) is 29.2 Å². The highest BCUT2D eigenvalue weighted by atomic mass is 16.5. The van der Waals surface area contributed by atoms with Gasteiger partial charge in [-0.2, -0.15) is 0 Å². The van der Waals surface area contributed by atoms with Crippen LogP contribution in [0.1, 0.15) is 11.3 Å². The normalized spacial score (nSPS) is 14.6.